The van der Waals surface area contributed by atoms with Crippen LogP contribution in [0.4, 0.5) is 0 Å². The normalized spacial score (nSPS) is 17.2. The monoisotopic (exact) mass is 437 g/mol. The van der Waals surface area contributed by atoms with Gasteiger partial charge in [-0.1, -0.05) is 18.2 Å². The summed E-state index contributed by atoms with van der Waals surface area (Å²) in [6.07, 6.45) is 0.596. The Morgan fingerprint density at radius 3 is 2.34 bits per heavy atom. The minimum atomic E-state index is -0.607. The van der Waals surface area contributed by atoms with Gasteiger partial charge in [0.25, 0.3) is 0 Å². The maximum Gasteiger partial charge on any atom is 0.119 e. The first-order valence-corrected chi connectivity index (χ1v) is 11.0. The van der Waals surface area contributed by atoms with Crippen molar-refractivity contribution in [2.75, 3.05) is 53.0 Å². The fraction of sp³-hybridized carbons (Fsp3) is 0.400. The summed E-state index contributed by atoms with van der Waals surface area (Å²) < 4.78 is 11.0. The number of β-amino-alcohol motifs (C(OH)–C–C–N with tert-alkyl or cyclic N) is 2. The molecule has 2 heterocycles. The number of benzene rings is 2. The number of pyridine rings is 1. The number of aliphatic hydroxyl groups excluding tert-OH is 2. The highest BCUT2D eigenvalue weighted by molar-refractivity contribution is 5.83. The minimum absolute atomic E-state index is 0.279. The lowest BCUT2D eigenvalue weighted by Crippen LogP contribution is -2.50. The molecule has 0 radical (unpaired) electrons. The van der Waals surface area contributed by atoms with Crippen molar-refractivity contribution in [3.8, 4) is 11.5 Å². The zero-order chi connectivity index (χ0) is 22.3. The molecule has 7 nitrogen and oxygen atoms in total. The van der Waals surface area contributed by atoms with Gasteiger partial charge >= 0.3 is 0 Å². The highest BCUT2D eigenvalue weighted by Crippen LogP contribution is 2.27. The van der Waals surface area contributed by atoms with Crippen molar-refractivity contribution in [3.63, 3.8) is 0 Å². The van der Waals surface area contributed by atoms with Crippen LogP contribution in [0.3, 0.4) is 0 Å². The van der Waals surface area contributed by atoms with E-state index < -0.39 is 12.2 Å². The molecule has 3 aromatic rings. The number of piperazine rings is 1. The van der Waals surface area contributed by atoms with E-state index in [9.17, 15) is 10.2 Å². The number of rotatable bonds is 9. The zero-order valence-electron chi connectivity index (χ0n) is 18.4. The average Bonchev–Trinajstić information content (AvgIpc) is 2.84. The van der Waals surface area contributed by atoms with Crippen LogP contribution in [0.2, 0.25) is 0 Å². The molecule has 170 valence electrons. The Morgan fingerprint density at radius 2 is 1.62 bits per heavy atom. The van der Waals surface area contributed by atoms with Crippen LogP contribution in [0.1, 0.15) is 11.7 Å². The van der Waals surface area contributed by atoms with E-state index in [0.717, 1.165) is 54.1 Å². The number of nitrogens with zero attached hydrogens (tertiary/aromatic N) is 3. The molecule has 0 amide bonds. The van der Waals surface area contributed by atoms with Crippen LogP contribution in [-0.2, 0) is 0 Å². The number of para-hydroxylation sites is 1. The van der Waals surface area contributed by atoms with Crippen molar-refractivity contribution in [2.24, 2.45) is 0 Å². The highest BCUT2D eigenvalue weighted by atomic mass is 16.5. The van der Waals surface area contributed by atoms with Gasteiger partial charge in [-0.3, -0.25) is 14.8 Å². The SMILES string of the molecule is COc1ccc2nccc([C@@H](O)CN3CCN(CC(O)COc4ccccc4)CC3)c2c1. The van der Waals surface area contributed by atoms with E-state index in [0.29, 0.717) is 13.1 Å². The fourth-order valence-corrected chi connectivity index (χ4v) is 4.12. The number of aromatic nitrogens is 1. The first kappa shape index (κ1) is 22.5. The van der Waals surface area contributed by atoms with Crippen LogP contribution >= 0.6 is 0 Å². The molecular formula is C25H31N3O4. The molecule has 1 saturated heterocycles. The zero-order valence-corrected chi connectivity index (χ0v) is 18.4. The van der Waals surface area contributed by atoms with E-state index in [1.807, 2.05) is 54.6 Å². The van der Waals surface area contributed by atoms with E-state index in [4.69, 9.17) is 9.47 Å². The molecule has 1 aliphatic heterocycles. The summed E-state index contributed by atoms with van der Waals surface area (Å²) in [6, 6.07) is 17.1. The summed E-state index contributed by atoms with van der Waals surface area (Å²) in [5.41, 5.74) is 1.71. The van der Waals surface area contributed by atoms with Crippen LogP contribution in [0.25, 0.3) is 10.9 Å². The molecule has 0 aliphatic carbocycles. The van der Waals surface area contributed by atoms with Crippen LogP contribution in [0.15, 0.2) is 60.8 Å². The van der Waals surface area contributed by atoms with Crippen LogP contribution in [0.5, 0.6) is 11.5 Å². The Hall–Kier alpha value is -2.71. The van der Waals surface area contributed by atoms with Crippen molar-refractivity contribution >= 4 is 10.9 Å². The third-order valence-electron chi connectivity index (χ3n) is 5.89. The molecule has 1 unspecified atom stereocenters. The summed E-state index contributed by atoms with van der Waals surface area (Å²) in [7, 11) is 1.64. The van der Waals surface area contributed by atoms with Gasteiger partial charge in [0.1, 0.15) is 24.2 Å². The molecule has 2 atom stereocenters. The lowest BCUT2D eigenvalue weighted by molar-refractivity contribution is 0.0333. The van der Waals surface area contributed by atoms with Gasteiger partial charge in [0.05, 0.1) is 18.7 Å². The van der Waals surface area contributed by atoms with Crippen LogP contribution < -0.4 is 9.47 Å². The molecule has 2 N–H and O–H groups in total. The van der Waals surface area contributed by atoms with E-state index in [2.05, 4.69) is 14.8 Å². The molecule has 1 fully saturated rings. The highest BCUT2D eigenvalue weighted by Gasteiger charge is 2.22. The maximum absolute atomic E-state index is 10.9. The second-order valence-corrected chi connectivity index (χ2v) is 8.18. The molecule has 32 heavy (non-hydrogen) atoms. The Bertz CT molecular complexity index is 993. The van der Waals surface area contributed by atoms with Crippen LogP contribution in [0, 0.1) is 0 Å². The van der Waals surface area contributed by atoms with Crippen molar-refractivity contribution < 1.29 is 19.7 Å². The van der Waals surface area contributed by atoms with Gasteiger partial charge < -0.3 is 19.7 Å². The second-order valence-electron chi connectivity index (χ2n) is 8.18. The Balaban J connectivity index is 1.26. The third kappa shape index (κ3) is 5.75. The predicted molar refractivity (Wildman–Crippen MR) is 124 cm³/mol. The minimum Gasteiger partial charge on any atom is -0.497 e. The molecule has 1 aliphatic rings. The third-order valence-corrected chi connectivity index (χ3v) is 5.89. The van der Waals surface area contributed by atoms with Gasteiger partial charge in [-0.25, -0.2) is 0 Å². The molecule has 0 spiro atoms. The number of fused-ring (bicyclic) bond motifs is 1. The number of methoxy groups -OCH3 is 1. The summed E-state index contributed by atoms with van der Waals surface area (Å²) in [5.74, 6) is 1.52. The van der Waals surface area contributed by atoms with Gasteiger partial charge in [-0.05, 0) is 42.0 Å². The topological polar surface area (TPSA) is 78.3 Å². The lowest BCUT2D eigenvalue weighted by Gasteiger charge is -2.36. The van der Waals surface area contributed by atoms with Gasteiger partial charge in [-0.2, -0.15) is 0 Å². The smallest absolute Gasteiger partial charge is 0.119 e. The van der Waals surface area contributed by atoms with Gasteiger partial charge in [0, 0.05) is 50.9 Å². The molecule has 0 bridgehead atoms. The van der Waals surface area contributed by atoms with Gasteiger partial charge in [0.2, 0.25) is 0 Å². The molecular weight excluding hydrogens is 406 g/mol. The van der Waals surface area contributed by atoms with Crippen molar-refractivity contribution in [3.05, 3.63) is 66.4 Å². The van der Waals surface area contributed by atoms with E-state index in [1.165, 1.54) is 0 Å². The first-order chi connectivity index (χ1) is 15.6. The van der Waals surface area contributed by atoms with Crippen molar-refractivity contribution in [1.29, 1.82) is 0 Å². The molecule has 0 saturated carbocycles. The number of aliphatic hydroxyl groups is 2. The largest absolute Gasteiger partial charge is 0.497 e. The summed E-state index contributed by atoms with van der Waals surface area (Å²) in [6.45, 7) is 4.80. The quantitative estimate of drug-likeness (QED) is 0.532. The Kier molecular flexibility index (Phi) is 7.55. The van der Waals surface area contributed by atoms with E-state index in [1.54, 1.807) is 13.3 Å². The van der Waals surface area contributed by atoms with Crippen molar-refractivity contribution in [2.45, 2.75) is 12.2 Å². The van der Waals surface area contributed by atoms with E-state index >= 15 is 0 Å². The predicted octanol–water partition coefficient (Wildman–Crippen LogP) is 2.33. The average molecular weight is 438 g/mol. The van der Waals surface area contributed by atoms with Crippen molar-refractivity contribution in [1.82, 2.24) is 14.8 Å². The maximum atomic E-state index is 10.9. The number of hydrogen-bond donors (Lipinski definition) is 2. The molecule has 7 heteroatoms. The summed E-state index contributed by atoms with van der Waals surface area (Å²) >= 11 is 0. The standard InChI is InChI=1S/C25H31N3O4/c1-31-21-7-8-24-23(15-21)22(9-10-26-24)25(30)17-28-13-11-27(12-14-28)16-19(29)18-32-20-5-3-2-4-6-20/h2-10,15,19,25,29-30H,11-14,16-18H2,1H3/t19?,25-/m0/s1. The molecule has 1 aromatic heterocycles. The summed E-state index contributed by atoms with van der Waals surface area (Å²) in [4.78, 5) is 8.91. The van der Waals surface area contributed by atoms with Crippen LogP contribution in [-0.4, -0.2) is 84.1 Å². The number of hydrogen-bond acceptors (Lipinski definition) is 7. The molecule has 4 rings (SSSR count). The number of ether oxygens (including phenoxy) is 2. The lowest BCUT2D eigenvalue weighted by atomic mass is 10.0. The Labute approximate surface area is 188 Å². The second kappa shape index (κ2) is 10.7. The first-order valence-electron chi connectivity index (χ1n) is 11.0. The van der Waals surface area contributed by atoms with E-state index in [-0.39, 0.29) is 6.61 Å². The van der Waals surface area contributed by atoms with Gasteiger partial charge in [0.15, 0.2) is 0 Å². The summed E-state index contributed by atoms with van der Waals surface area (Å²) in [5, 5.41) is 22.2. The fourth-order valence-electron chi connectivity index (χ4n) is 4.12. The van der Waals surface area contributed by atoms with Gasteiger partial charge in [-0.15, -0.1) is 0 Å². The molecule has 2 aromatic carbocycles. The Morgan fingerprint density at radius 1 is 0.906 bits per heavy atom.